The number of aliphatic imine (C=N–C) groups is 1. The van der Waals surface area contributed by atoms with Crippen molar-refractivity contribution in [1.29, 1.82) is 0 Å². The molecule has 0 unspecified atom stereocenters. The van der Waals surface area contributed by atoms with Crippen LogP contribution in [0.4, 0.5) is 5.00 Å². The second-order valence-corrected chi connectivity index (χ2v) is 11.2. The molecule has 1 N–H and O–H groups in total. The summed E-state index contributed by atoms with van der Waals surface area (Å²) in [5, 5.41) is 6.24. The van der Waals surface area contributed by atoms with Gasteiger partial charge in [-0.1, -0.05) is 72.8 Å². The second kappa shape index (κ2) is 12.4. The second-order valence-electron chi connectivity index (χ2n) is 10.2. The number of methoxy groups -OCH3 is 1. The van der Waals surface area contributed by atoms with Crippen LogP contribution in [0.1, 0.15) is 50.3 Å². The number of ether oxygens (including phenoxy) is 2. The van der Waals surface area contributed by atoms with Crippen LogP contribution < -0.4 is 14.8 Å². The first kappa shape index (κ1) is 26.8. The van der Waals surface area contributed by atoms with Crippen molar-refractivity contribution in [2.75, 3.05) is 7.11 Å². The molecule has 1 heterocycles. The number of rotatable bonds is 9. The summed E-state index contributed by atoms with van der Waals surface area (Å²) >= 11 is 1.64. The van der Waals surface area contributed by atoms with Gasteiger partial charge in [0.2, 0.25) is 0 Å². The molecule has 1 amide bonds. The van der Waals surface area contributed by atoms with Gasteiger partial charge in [0.15, 0.2) is 11.5 Å². The van der Waals surface area contributed by atoms with E-state index in [-0.39, 0.29) is 5.91 Å². The first-order valence-corrected chi connectivity index (χ1v) is 14.8. The molecule has 0 fully saturated rings. The molecular formula is C35H32N2O3S. The molecule has 0 aliphatic heterocycles. The molecule has 1 aliphatic carbocycles. The highest BCUT2D eigenvalue weighted by Crippen LogP contribution is 2.40. The Hall–Kier alpha value is -4.42. The van der Waals surface area contributed by atoms with Crippen LogP contribution in [0, 0.1) is 0 Å². The maximum absolute atomic E-state index is 13.4. The van der Waals surface area contributed by atoms with Crippen molar-refractivity contribution in [2.45, 2.75) is 38.8 Å². The molecule has 6 rings (SSSR count). The summed E-state index contributed by atoms with van der Waals surface area (Å²) in [7, 11) is 1.64. The minimum absolute atomic E-state index is 0.0600. The van der Waals surface area contributed by atoms with Gasteiger partial charge in [-0.05, 0) is 76.9 Å². The van der Waals surface area contributed by atoms with Gasteiger partial charge in [-0.15, -0.1) is 11.3 Å². The van der Waals surface area contributed by atoms with Crippen molar-refractivity contribution >= 4 is 39.2 Å². The van der Waals surface area contributed by atoms with Crippen LogP contribution in [0.3, 0.4) is 0 Å². The molecule has 206 valence electrons. The Morgan fingerprint density at radius 3 is 2.61 bits per heavy atom. The molecule has 0 saturated heterocycles. The van der Waals surface area contributed by atoms with Crippen LogP contribution in [0.5, 0.6) is 11.5 Å². The summed E-state index contributed by atoms with van der Waals surface area (Å²) < 4.78 is 11.9. The van der Waals surface area contributed by atoms with Crippen molar-refractivity contribution in [1.82, 2.24) is 5.32 Å². The maximum atomic E-state index is 13.4. The van der Waals surface area contributed by atoms with Gasteiger partial charge in [0, 0.05) is 17.6 Å². The largest absolute Gasteiger partial charge is 0.493 e. The van der Waals surface area contributed by atoms with Crippen molar-refractivity contribution in [3.8, 4) is 11.5 Å². The number of fused-ring (bicyclic) bond motifs is 2. The Bertz CT molecular complexity index is 1700. The van der Waals surface area contributed by atoms with Gasteiger partial charge in [-0.3, -0.25) is 4.79 Å². The van der Waals surface area contributed by atoms with Crippen LogP contribution in [-0.4, -0.2) is 19.2 Å². The highest BCUT2D eigenvalue weighted by Gasteiger charge is 2.25. The summed E-state index contributed by atoms with van der Waals surface area (Å²) in [6, 6.07) is 30.3. The van der Waals surface area contributed by atoms with E-state index in [2.05, 4.69) is 35.6 Å². The Labute approximate surface area is 244 Å². The Balaban J connectivity index is 1.21. The number of hydrogen-bond donors (Lipinski definition) is 1. The lowest BCUT2D eigenvalue weighted by atomic mass is 9.95. The Morgan fingerprint density at radius 1 is 0.927 bits per heavy atom. The van der Waals surface area contributed by atoms with Crippen molar-refractivity contribution in [3.05, 3.63) is 124 Å². The zero-order valence-electron chi connectivity index (χ0n) is 23.1. The normalized spacial score (nSPS) is 12.8. The molecule has 5 nitrogen and oxygen atoms in total. The minimum atomic E-state index is -0.0600. The lowest BCUT2D eigenvalue weighted by molar-refractivity contribution is 0.0951. The number of carbonyl (C=O) groups is 1. The maximum Gasteiger partial charge on any atom is 0.254 e. The zero-order valence-corrected chi connectivity index (χ0v) is 23.9. The van der Waals surface area contributed by atoms with E-state index < -0.39 is 0 Å². The Morgan fingerprint density at radius 2 is 1.73 bits per heavy atom. The van der Waals surface area contributed by atoms with E-state index >= 15 is 0 Å². The van der Waals surface area contributed by atoms with E-state index in [4.69, 9.17) is 14.5 Å². The lowest BCUT2D eigenvalue weighted by Crippen LogP contribution is -2.24. The summed E-state index contributed by atoms with van der Waals surface area (Å²) in [4.78, 5) is 19.5. The summed E-state index contributed by atoms with van der Waals surface area (Å²) in [5.41, 5.74) is 4.95. The SMILES string of the molecule is COc1cc(C=Nc2sc3c(c2C(=O)NCc2ccccc2)CCCC3)ccc1OCc1cccc2ccccc12. The first-order chi connectivity index (χ1) is 20.2. The predicted molar refractivity (Wildman–Crippen MR) is 167 cm³/mol. The highest BCUT2D eigenvalue weighted by molar-refractivity contribution is 7.16. The quantitative estimate of drug-likeness (QED) is 0.186. The summed E-state index contributed by atoms with van der Waals surface area (Å²) in [5.74, 6) is 1.25. The monoisotopic (exact) mass is 560 g/mol. The number of nitrogens with zero attached hydrogens (tertiary/aromatic N) is 1. The minimum Gasteiger partial charge on any atom is -0.493 e. The van der Waals surface area contributed by atoms with Gasteiger partial charge in [-0.25, -0.2) is 4.99 Å². The number of amides is 1. The molecule has 0 bridgehead atoms. The fourth-order valence-electron chi connectivity index (χ4n) is 5.33. The number of hydrogen-bond acceptors (Lipinski definition) is 5. The molecule has 0 atom stereocenters. The highest BCUT2D eigenvalue weighted by atomic mass is 32.1. The van der Waals surface area contributed by atoms with Crippen molar-refractivity contribution < 1.29 is 14.3 Å². The standard InChI is InChI=1S/C35H32N2O3S/c1-39-31-20-25(18-19-30(31)40-23-27-14-9-13-26-12-5-6-15-28(26)27)22-37-35-33(29-16-7-8-17-32(29)41-35)34(38)36-21-24-10-3-2-4-11-24/h2-6,9-15,18-20,22H,7-8,16-17,21,23H2,1H3,(H,36,38). The molecular weight excluding hydrogens is 528 g/mol. The Kier molecular flexibility index (Phi) is 8.10. The van der Waals surface area contributed by atoms with Crippen LogP contribution in [0.2, 0.25) is 0 Å². The van der Waals surface area contributed by atoms with Crippen LogP contribution in [0.15, 0.2) is 96.0 Å². The fraction of sp³-hybridized carbons (Fsp3) is 0.200. The van der Waals surface area contributed by atoms with E-state index in [0.717, 1.165) is 58.5 Å². The number of thiophene rings is 1. The molecule has 1 aromatic heterocycles. The van der Waals surface area contributed by atoms with E-state index in [1.807, 2.05) is 66.9 Å². The van der Waals surface area contributed by atoms with Crippen LogP contribution in [0.25, 0.3) is 10.8 Å². The van der Waals surface area contributed by atoms with Crippen molar-refractivity contribution in [3.63, 3.8) is 0 Å². The lowest BCUT2D eigenvalue weighted by Gasteiger charge is -2.13. The molecule has 0 spiro atoms. The third kappa shape index (κ3) is 6.03. The van der Waals surface area contributed by atoms with E-state index in [1.165, 1.54) is 15.6 Å². The molecule has 0 radical (unpaired) electrons. The molecule has 5 aromatic rings. The van der Waals surface area contributed by atoms with Gasteiger partial charge >= 0.3 is 0 Å². The van der Waals surface area contributed by atoms with Gasteiger partial charge in [-0.2, -0.15) is 0 Å². The molecule has 1 aliphatic rings. The van der Waals surface area contributed by atoms with Gasteiger partial charge in [0.05, 0.1) is 12.7 Å². The van der Waals surface area contributed by atoms with Crippen LogP contribution >= 0.6 is 11.3 Å². The third-order valence-electron chi connectivity index (χ3n) is 7.46. The number of benzene rings is 4. The summed E-state index contributed by atoms with van der Waals surface area (Å²) in [6.07, 6.45) is 5.99. The van der Waals surface area contributed by atoms with E-state index in [9.17, 15) is 4.79 Å². The van der Waals surface area contributed by atoms with Gasteiger partial charge in [0.25, 0.3) is 5.91 Å². The van der Waals surface area contributed by atoms with Gasteiger partial charge in [0.1, 0.15) is 11.6 Å². The zero-order chi connectivity index (χ0) is 28.0. The average molecular weight is 561 g/mol. The first-order valence-electron chi connectivity index (χ1n) is 14.0. The van der Waals surface area contributed by atoms with E-state index in [1.54, 1.807) is 18.4 Å². The average Bonchev–Trinajstić information content (AvgIpc) is 3.41. The number of aryl methyl sites for hydroxylation is 1. The molecule has 6 heteroatoms. The van der Waals surface area contributed by atoms with Gasteiger partial charge < -0.3 is 14.8 Å². The number of nitrogens with one attached hydrogen (secondary N) is 1. The van der Waals surface area contributed by atoms with Crippen LogP contribution in [-0.2, 0) is 26.0 Å². The van der Waals surface area contributed by atoms with Crippen molar-refractivity contribution in [2.24, 2.45) is 4.99 Å². The molecule has 0 saturated carbocycles. The summed E-state index contributed by atoms with van der Waals surface area (Å²) in [6.45, 7) is 0.929. The fourth-order valence-corrected chi connectivity index (χ4v) is 6.56. The third-order valence-corrected chi connectivity index (χ3v) is 8.66. The molecule has 4 aromatic carbocycles. The predicted octanol–water partition coefficient (Wildman–Crippen LogP) is 8.05. The molecule has 41 heavy (non-hydrogen) atoms. The smallest absolute Gasteiger partial charge is 0.254 e. The van der Waals surface area contributed by atoms with E-state index in [0.29, 0.717) is 24.7 Å². The number of carbonyl (C=O) groups excluding carboxylic acids is 1. The topological polar surface area (TPSA) is 59.9 Å².